The first-order valence-electron chi connectivity index (χ1n) is 12.5. The fraction of sp³-hybridized carbons (Fsp3) is 1.00. The summed E-state index contributed by atoms with van der Waals surface area (Å²) < 4.78 is 24.1. The van der Waals surface area contributed by atoms with Crippen molar-refractivity contribution in [1.82, 2.24) is 0 Å². The third kappa shape index (κ3) is 12.3. The third-order valence-electron chi connectivity index (χ3n) is 6.22. The van der Waals surface area contributed by atoms with E-state index in [2.05, 4.69) is 41.5 Å². The average Bonchev–Trinajstić information content (AvgIpc) is 3.52. The maximum atomic E-state index is 6.54. The Morgan fingerprint density at radius 1 is 0.862 bits per heavy atom. The second-order valence-electron chi connectivity index (χ2n) is 9.12. The Balaban J connectivity index is 2.62. The molecule has 174 valence electrons. The zero-order chi connectivity index (χ0) is 21.5. The third-order valence-corrected chi connectivity index (χ3v) is 6.22. The van der Waals surface area contributed by atoms with E-state index in [1.807, 2.05) is 0 Å². The number of unbranched alkanes of at least 4 members (excludes halogenated alkanes) is 5. The molecule has 0 radical (unpaired) electrons. The minimum Gasteiger partial charge on any atom is -0.379 e. The first kappa shape index (κ1) is 26.9. The van der Waals surface area contributed by atoms with Crippen LogP contribution in [0.25, 0.3) is 0 Å². The van der Waals surface area contributed by atoms with Gasteiger partial charge >= 0.3 is 0 Å². The van der Waals surface area contributed by atoms with E-state index in [4.69, 9.17) is 18.9 Å². The van der Waals surface area contributed by atoms with Gasteiger partial charge in [-0.3, -0.25) is 0 Å². The molecule has 0 aromatic carbocycles. The minimum absolute atomic E-state index is 0.208. The molecule has 0 spiro atoms. The molecule has 4 atom stereocenters. The molecule has 0 saturated carbocycles. The maximum Gasteiger partial charge on any atom is 0.168 e. The standard InChI is InChI=1S/C25H50O4/c1-7-10-11-12-13-14-16-23(17-15-18-26-19-24-20-27-24)25(6,28-21(4)8-2)29-22(5)9-3/h21-24H,7-20H2,1-6H3. The van der Waals surface area contributed by atoms with E-state index in [1.54, 1.807) is 0 Å². The van der Waals surface area contributed by atoms with E-state index in [0.717, 1.165) is 45.5 Å². The van der Waals surface area contributed by atoms with E-state index in [0.29, 0.717) is 12.0 Å². The quantitative estimate of drug-likeness (QED) is 0.123. The SMILES string of the molecule is CCCCCCCCC(CCCOCC1CO1)C(C)(OC(C)CC)OC(C)CC. The lowest BCUT2D eigenvalue weighted by Crippen LogP contribution is -2.45. The Hall–Kier alpha value is -0.160. The average molecular weight is 415 g/mol. The molecule has 0 bridgehead atoms. The van der Waals surface area contributed by atoms with Gasteiger partial charge < -0.3 is 18.9 Å². The van der Waals surface area contributed by atoms with Crippen LogP contribution in [0.2, 0.25) is 0 Å². The van der Waals surface area contributed by atoms with Crippen molar-refractivity contribution >= 4 is 0 Å². The fourth-order valence-corrected chi connectivity index (χ4v) is 3.84. The van der Waals surface area contributed by atoms with Gasteiger partial charge in [-0.15, -0.1) is 0 Å². The van der Waals surface area contributed by atoms with Crippen LogP contribution in [0, 0.1) is 5.92 Å². The molecule has 0 N–H and O–H groups in total. The lowest BCUT2D eigenvalue weighted by atomic mass is 9.88. The van der Waals surface area contributed by atoms with Gasteiger partial charge in [0.2, 0.25) is 0 Å². The Kier molecular flexibility index (Phi) is 14.5. The van der Waals surface area contributed by atoms with Crippen LogP contribution in [0.15, 0.2) is 0 Å². The molecule has 1 aliphatic heterocycles. The van der Waals surface area contributed by atoms with Crippen molar-refractivity contribution in [3.8, 4) is 0 Å². The molecule has 0 aromatic heterocycles. The summed E-state index contributed by atoms with van der Waals surface area (Å²) >= 11 is 0. The highest BCUT2D eigenvalue weighted by Crippen LogP contribution is 2.35. The van der Waals surface area contributed by atoms with Gasteiger partial charge in [-0.25, -0.2) is 0 Å². The molecule has 0 aromatic rings. The van der Waals surface area contributed by atoms with Crippen LogP contribution >= 0.6 is 0 Å². The maximum absolute atomic E-state index is 6.54. The fourth-order valence-electron chi connectivity index (χ4n) is 3.84. The second kappa shape index (κ2) is 15.6. The molecular weight excluding hydrogens is 364 g/mol. The molecule has 1 heterocycles. The number of hydrogen-bond donors (Lipinski definition) is 0. The lowest BCUT2D eigenvalue weighted by molar-refractivity contribution is -0.292. The summed E-state index contributed by atoms with van der Waals surface area (Å²) in [5.41, 5.74) is 0. The highest BCUT2D eigenvalue weighted by atomic mass is 16.7. The van der Waals surface area contributed by atoms with Crippen molar-refractivity contribution in [1.29, 1.82) is 0 Å². The molecule has 1 aliphatic rings. The molecule has 0 aliphatic carbocycles. The summed E-state index contributed by atoms with van der Waals surface area (Å²) in [4.78, 5) is 0. The molecule has 1 fully saturated rings. The van der Waals surface area contributed by atoms with Crippen LogP contribution in [-0.2, 0) is 18.9 Å². The van der Waals surface area contributed by atoms with Gasteiger partial charge in [-0.1, -0.05) is 59.3 Å². The van der Waals surface area contributed by atoms with Gasteiger partial charge in [0.15, 0.2) is 5.79 Å². The van der Waals surface area contributed by atoms with Crippen LogP contribution in [0.4, 0.5) is 0 Å². The van der Waals surface area contributed by atoms with Gasteiger partial charge in [0.05, 0.1) is 25.4 Å². The normalized spacial score (nSPS) is 21.5. The van der Waals surface area contributed by atoms with Gasteiger partial charge in [0, 0.05) is 12.5 Å². The van der Waals surface area contributed by atoms with Crippen molar-refractivity contribution in [2.45, 2.75) is 136 Å². The van der Waals surface area contributed by atoms with Crippen molar-refractivity contribution < 1.29 is 18.9 Å². The lowest BCUT2D eigenvalue weighted by Gasteiger charge is -2.41. The molecule has 1 saturated heterocycles. The first-order chi connectivity index (χ1) is 13.9. The van der Waals surface area contributed by atoms with Crippen LogP contribution in [0.3, 0.4) is 0 Å². The van der Waals surface area contributed by atoms with E-state index in [1.165, 1.54) is 44.9 Å². The zero-order valence-corrected chi connectivity index (χ0v) is 20.3. The summed E-state index contributed by atoms with van der Waals surface area (Å²) in [6.45, 7) is 15.6. The topological polar surface area (TPSA) is 40.2 Å². The molecule has 0 amide bonds. The molecule has 4 nitrogen and oxygen atoms in total. The smallest absolute Gasteiger partial charge is 0.168 e. The first-order valence-corrected chi connectivity index (χ1v) is 12.5. The number of ether oxygens (including phenoxy) is 4. The van der Waals surface area contributed by atoms with Crippen LogP contribution < -0.4 is 0 Å². The summed E-state index contributed by atoms with van der Waals surface area (Å²) in [5.74, 6) is -0.120. The van der Waals surface area contributed by atoms with Crippen LogP contribution in [0.1, 0.15) is 112 Å². The zero-order valence-electron chi connectivity index (χ0n) is 20.3. The van der Waals surface area contributed by atoms with Gasteiger partial charge in [0.1, 0.15) is 6.10 Å². The van der Waals surface area contributed by atoms with Crippen molar-refractivity contribution in [2.24, 2.45) is 5.92 Å². The van der Waals surface area contributed by atoms with E-state index < -0.39 is 5.79 Å². The van der Waals surface area contributed by atoms with Crippen LogP contribution in [-0.4, -0.2) is 43.9 Å². The van der Waals surface area contributed by atoms with Crippen LogP contribution in [0.5, 0.6) is 0 Å². The van der Waals surface area contributed by atoms with E-state index in [9.17, 15) is 0 Å². The second-order valence-corrected chi connectivity index (χ2v) is 9.12. The van der Waals surface area contributed by atoms with Gasteiger partial charge in [-0.2, -0.15) is 0 Å². The molecular formula is C25H50O4. The Morgan fingerprint density at radius 2 is 1.41 bits per heavy atom. The number of epoxide rings is 1. The minimum atomic E-state index is -0.520. The van der Waals surface area contributed by atoms with E-state index in [-0.39, 0.29) is 12.2 Å². The van der Waals surface area contributed by atoms with Gasteiger partial charge in [0.25, 0.3) is 0 Å². The summed E-state index contributed by atoms with van der Waals surface area (Å²) in [6.07, 6.45) is 14.0. The number of hydrogen-bond acceptors (Lipinski definition) is 4. The predicted molar refractivity (Wildman–Crippen MR) is 121 cm³/mol. The monoisotopic (exact) mass is 414 g/mol. The summed E-state index contributed by atoms with van der Waals surface area (Å²) in [5, 5.41) is 0. The Bertz CT molecular complexity index is 371. The Labute approximate surface area is 181 Å². The number of rotatable bonds is 20. The largest absolute Gasteiger partial charge is 0.379 e. The van der Waals surface area contributed by atoms with E-state index >= 15 is 0 Å². The molecule has 1 rings (SSSR count). The highest BCUT2D eigenvalue weighted by Gasteiger charge is 2.38. The van der Waals surface area contributed by atoms with Crippen molar-refractivity contribution in [3.63, 3.8) is 0 Å². The molecule has 4 heteroatoms. The van der Waals surface area contributed by atoms with Crippen molar-refractivity contribution in [3.05, 3.63) is 0 Å². The highest BCUT2D eigenvalue weighted by molar-refractivity contribution is 4.79. The predicted octanol–water partition coefficient (Wildman–Crippen LogP) is 6.90. The van der Waals surface area contributed by atoms with Gasteiger partial charge in [-0.05, 0) is 52.9 Å². The Morgan fingerprint density at radius 3 is 1.97 bits per heavy atom. The summed E-state index contributed by atoms with van der Waals surface area (Å²) in [7, 11) is 0. The van der Waals surface area contributed by atoms with Crippen molar-refractivity contribution in [2.75, 3.05) is 19.8 Å². The molecule has 4 unspecified atom stereocenters. The summed E-state index contributed by atoms with van der Waals surface area (Å²) in [6, 6.07) is 0. The molecule has 29 heavy (non-hydrogen) atoms.